The quantitative estimate of drug-likeness (QED) is 0.399. The summed E-state index contributed by atoms with van der Waals surface area (Å²) in [7, 11) is 3.30. The molecule has 0 aliphatic carbocycles. The van der Waals surface area contributed by atoms with Crippen LogP contribution in [0.2, 0.25) is 0 Å². The van der Waals surface area contributed by atoms with Gasteiger partial charge in [0.15, 0.2) is 17.1 Å². The van der Waals surface area contributed by atoms with Gasteiger partial charge in [0.2, 0.25) is 0 Å². The summed E-state index contributed by atoms with van der Waals surface area (Å²) in [4.78, 5) is 5.11. The van der Waals surface area contributed by atoms with Gasteiger partial charge in [-0.2, -0.15) is 5.10 Å². The molecule has 148 valence electrons. The van der Waals surface area contributed by atoms with E-state index in [1.54, 1.807) is 14.2 Å². The molecule has 0 spiro atoms. The average molecular weight is 395 g/mol. The van der Waals surface area contributed by atoms with E-state index in [1.807, 2.05) is 65.5 Å². The van der Waals surface area contributed by atoms with Crippen molar-refractivity contribution in [3.63, 3.8) is 0 Å². The summed E-state index contributed by atoms with van der Waals surface area (Å²) in [5.41, 5.74) is 4.91. The van der Waals surface area contributed by atoms with Gasteiger partial charge in [-0.1, -0.05) is 42.5 Å². The Morgan fingerprint density at radius 3 is 2.13 bits per heavy atom. The van der Waals surface area contributed by atoms with E-state index in [1.165, 1.54) is 0 Å². The Morgan fingerprint density at radius 2 is 1.43 bits per heavy atom. The topological polar surface area (TPSA) is 49.2 Å². The average Bonchev–Trinajstić information content (AvgIpc) is 3.22. The molecular formula is C25H21N3O2. The number of aromatic nitrogens is 3. The zero-order valence-electron chi connectivity index (χ0n) is 17.1. The molecule has 0 unspecified atom stereocenters. The van der Waals surface area contributed by atoms with Crippen LogP contribution in [-0.4, -0.2) is 29.0 Å². The standard InChI is InChI=1S/C25H21N3O2/c1-16-9-7-8-12-18(16)24-20-14-23(30-3)22(29-2)13-19(20)21-15-26-28(25(21)27-24)17-10-5-4-6-11-17/h4-15H,1-3H3. The summed E-state index contributed by atoms with van der Waals surface area (Å²) in [6.45, 7) is 2.10. The first-order chi connectivity index (χ1) is 14.7. The first-order valence-corrected chi connectivity index (χ1v) is 9.76. The van der Waals surface area contributed by atoms with Crippen LogP contribution in [-0.2, 0) is 0 Å². The maximum Gasteiger partial charge on any atom is 0.164 e. The number of fused-ring (bicyclic) bond motifs is 3. The van der Waals surface area contributed by atoms with E-state index in [4.69, 9.17) is 14.5 Å². The van der Waals surface area contributed by atoms with Crippen LogP contribution >= 0.6 is 0 Å². The molecule has 0 saturated carbocycles. The Bertz CT molecular complexity index is 1370. The lowest BCUT2D eigenvalue weighted by atomic mass is 9.98. The summed E-state index contributed by atoms with van der Waals surface area (Å²) in [5.74, 6) is 1.36. The van der Waals surface area contributed by atoms with Crippen molar-refractivity contribution in [2.75, 3.05) is 14.2 Å². The van der Waals surface area contributed by atoms with Gasteiger partial charge in [0.25, 0.3) is 0 Å². The fraction of sp³-hybridized carbons (Fsp3) is 0.120. The largest absolute Gasteiger partial charge is 0.493 e. The fourth-order valence-corrected chi connectivity index (χ4v) is 3.91. The lowest BCUT2D eigenvalue weighted by Crippen LogP contribution is -1.99. The van der Waals surface area contributed by atoms with E-state index >= 15 is 0 Å². The van der Waals surface area contributed by atoms with E-state index in [0.29, 0.717) is 11.5 Å². The number of rotatable bonds is 4. The fourth-order valence-electron chi connectivity index (χ4n) is 3.91. The first-order valence-electron chi connectivity index (χ1n) is 9.76. The number of nitrogens with zero attached hydrogens (tertiary/aromatic N) is 3. The zero-order chi connectivity index (χ0) is 20.7. The maximum absolute atomic E-state index is 5.58. The molecule has 0 radical (unpaired) electrons. The second kappa shape index (κ2) is 7.19. The van der Waals surface area contributed by atoms with Crippen LogP contribution in [0.5, 0.6) is 11.5 Å². The number of para-hydroxylation sites is 1. The molecule has 30 heavy (non-hydrogen) atoms. The second-order valence-electron chi connectivity index (χ2n) is 7.16. The molecule has 3 aromatic carbocycles. The Labute approximate surface area is 174 Å². The third-order valence-electron chi connectivity index (χ3n) is 5.43. The summed E-state index contributed by atoms with van der Waals surface area (Å²) in [5, 5.41) is 7.65. The van der Waals surface area contributed by atoms with Gasteiger partial charge in [0, 0.05) is 21.7 Å². The molecule has 0 fully saturated rings. The van der Waals surface area contributed by atoms with E-state index in [0.717, 1.165) is 44.3 Å². The van der Waals surface area contributed by atoms with Crippen LogP contribution in [0, 0.1) is 6.92 Å². The number of aryl methyl sites for hydroxylation is 1. The Hall–Kier alpha value is -3.86. The first kappa shape index (κ1) is 18.2. The molecule has 2 aromatic heterocycles. The van der Waals surface area contributed by atoms with Gasteiger partial charge in [-0.3, -0.25) is 0 Å². The van der Waals surface area contributed by atoms with Crippen molar-refractivity contribution >= 4 is 21.8 Å². The third kappa shape index (κ3) is 2.78. The smallest absolute Gasteiger partial charge is 0.164 e. The van der Waals surface area contributed by atoms with Crippen LogP contribution in [0.3, 0.4) is 0 Å². The number of hydrogen-bond donors (Lipinski definition) is 0. The van der Waals surface area contributed by atoms with Crippen molar-refractivity contribution in [2.45, 2.75) is 6.92 Å². The van der Waals surface area contributed by atoms with Crippen molar-refractivity contribution in [1.82, 2.24) is 14.8 Å². The van der Waals surface area contributed by atoms with E-state index < -0.39 is 0 Å². The lowest BCUT2D eigenvalue weighted by Gasteiger charge is -2.14. The molecule has 2 heterocycles. The number of methoxy groups -OCH3 is 2. The van der Waals surface area contributed by atoms with Gasteiger partial charge in [-0.15, -0.1) is 0 Å². The van der Waals surface area contributed by atoms with Gasteiger partial charge >= 0.3 is 0 Å². The molecule has 0 aliphatic heterocycles. The predicted molar refractivity (Wildman–Crippen MR) is 120 cm³/mol. The van der Waals surface area contributed by atoms with Crippen molar-refractivity contribution in [1.29, 1.82) is 0 Å². The number of ether oxygens (including phenoxy) is 2. The van der Waals surface area contributed by atoms with Gasteiger partial charge < -0.3 is 9.47 Å². The SMILES string of the molecule is COc1cc2c(-c3ccccc3C)nc3c(cnn3-c3ccccc3)c2cc1OC. The van der Waals surface area contributed by atoms with E-state index in [9.17, 15) is 0 Å². The summed E-state index contributed by atoms with van der Waals surface area (Å²) >= 11 is 0. The van der Waals surface area contributed by atoms with Crippen LogP contribution in [0.15, 0.2) is 72.9 Å². The molecule has 0 atom stereocenters. The predicted octanol–water partition coefficient (Wildman–Crippen LogP) is 5.57. The Kier molecular flexibility index (Phi) is 4.36. The summed E-state index contributed by atoms with van der Waals surface area (Å²) in [6, 6.07) is 22.3. The highest BCUT2D eigenvalue weighted by atomic mass is 16.5. The molecule has 5 nitrogen and oxygen atoms in total. The highest BCUT2D eigenvalue weighted by Crippen LogP contribution is 2.40. The second-order valence-corrected chi connectivity index (χ2v) is 7.16. The third-order valence-corrected chi connectivity index (χ3v) is 5.43. The maximum atomic E-state index is 5.58. The van der Waals surface area contributed by atoms with Gasteiger partial charge in [0.1, 0.15) is 0 Å². The van der Waals surface area contributed by atoms with Crippen LogP contribution in [0.1, 0.15) is 5.56 Å². The van der Waals surface area contributed by atoms with Crippen LogP contribution in [0.4, 0.5) is 0 Å². The lowest BCUT2D eigenvalue weighted by molar-refractivity contribution is 0.356. The van der Waals surface area contributed by atoms with Crippen molar-refractivity contribution in [3.05, 3.63) is 78.5 Å². The highest BCUT2D eigenvalue weighted by Gasteiger charge is 2.18. The summed E-state index contributed by atoms with van der Waals surface area (Å²) in [6.07, 6.45) is 1.87. The van der Waals surface area contributed by atoms with E-state index in [2.05, 4.69) is 24.2 Å². The number of hydrogen-bond acceptors (Lipinski definition) is 4. The molecule has 0 N–H and O–H groups in total. The molecule has 0 bridgehead atoms. The van der Waals surface area contributed by atoms with Crippen molar-refractivity contribution in [2.24, 2.45) is 0 Å². The van der Waals surface area contributed by atoms with Crippen molar-refractivity contribution < 1.29 is 9.47 Å². The zero-order valence-corrected chi connectivity index (χ0v) is 17.1. The number of pyridine rings is 1. The van der Waals surface area contributed by atoms with Gasteiger partial charge in [-0.05, 0) is 36.8 Å². The molecule has 5 heteroatoms. The molecule has 0 amide bonds. The highest BCUT2D eigenvalue weighted by molar-refractivity contribution is 6.11. The minimum Gasteiger partial charge on any atom is -0.493 e. The van der Waals surface area contributed by atoms with Crippen molar-refractivity contribution in [3.8, 4) is 28.4 Å². The minimum atomic E-state index is 0.677. The molecule has 5 rings (SSSR count). The Balaban J connectivity index is 1.93. The molecule has 0 aliphatic rings. The normalized spacial score (nSPS) is 11.2. The van der Waals surface area contributed by atoms with Gasteiger partial charge in [-0.25, -0.2) is 9.67 Å². The summed E-state index contributed by atoms with van der Waals surface area (Å²) < 4.78 is 13.0. The number of benzene rings is 3. The molecule has 0 saturated heterocycles. The minimum absolute atomic E-state index is 0.677. The molecule has 5 aromatic rings. The monoisotopic (exact) mass is 395 g/mol. The molecular weight excluding hydrogens is 374 g/mol. The van der Waals surface area contributed by atoms with Crippen LogP contribution < -0.4 is 9.47 Å². The van der Waals surface area contributed by atoms with Crippen LogP contribution in [0.25, 0.3) is 38.8 Å². The Morgan fingerprint density at radius 1 is 0.767 bits per heavy atom. The van der Waals surface area contributed by atoms with E-state index in [-0.39, 0.29) is 0 Å². The van der Waals surface area contributed by atoms with Gasteiger partial charge in [0.05, 0.1) is 31.8 Å².